The van der Waals surface area contributed by atoms with Gasteiger partial charge in [0.25, 0.3) is 0 Å². The Kier molecular flexibility index (Phi) is 3.53. The zero-order valence-electron chi connectivity index (χ0n) is 12.6. The summed E-state index contributed by atoms with van der Waals surface area (Å²) in [6.45, 7) is 5.95. The van der Waals surface area contributed by atoms with Crippen LogP contribution in [0.3, 0.4) is 0 Å². The lowest BCUT2D eigenvalue weighted by Crippen LogP contribution is -2.23. The minimum Gasteiger partial charge on any atom is -0.369 e. The highest BCUT2D eigenvalue weighted by Crippen LogP contribution is 2.47. The number of anilines is 2. The second-order valence-corrected chi connectivity index (χ2v) is 5.91. The van der Waals surface area contributed by atoms with Crippen LogP contribution >= 0.6 is 0 Å². The van der Waals surface area contributed by atoms with Crippen molar-refractivity contribution in [2.24, 2.45) is 5.41 Å². The molecule has 6 nitrogen and oxygen atoms in total. The number of hydrogen-bond acceptors (Lipinski definition) is 5. The summed E-state index contributed by atoms with van der Waals surface area (Å²) in [5, 5.41) is 7.79. The largest absolute Gasteiger partial charge is 0.369 e. The van der Waals surface area contributed by atoms with E-state index in [9.17, 15) is 0 Å². The van der Waals surface area contributed by atoms with Crippen molar-refractivity contribution < 1.29 is 0 Å². The zero-order chi connectivity index (χ0) is 14.9. The first-order valence-electron chi connectivity index (χ1n) is 7.46. The average Bonchev–Trinajstić information content (AvgIpc) is 3.00. The molecule has 0 atom stereocenters. The molecule has 3 N–H and O–H groups in total. The molecule has 1 aliphatic rings. The Balaban J connectivity index is 1.70. The van der Waals surface area contributed by atoms with Crippen LogP contribution in [0.5, 0.6) is 0 Å². The minimum atomic E-state index is 0.296. The van der Waals surface area contributed by atoms with Crippen molar-refractivity contribution in [3.05, 3.63) is 29.7 Å². The molecule has 2 aromatic rings. The van der Waals surface area contributed by atoms with Crippen LogP contribution in [-0.2, 0) is 13.0 Å². The summed E-state index contributed by atoms with van der Waals surface area (Å²) in [6, 6.07) is 1.97. The lowest BCUT2D eigenvalue weighted by molar-refractivity contribution is 0.416. The third kappa shape index (κ3) is 2.99. The van der Waals surface area contributed by atoms with Gasteiger partial charge in [-0.25, -0.2) is 4.98 Å². The molecule has 0 aromatic carbocycles. The summed E-state index contributed by atoms with van der Waals surface area (Å²) in [5.41, 5.74) is 8.18. The summed E-state index contributed by atoms with van der Waals surface area (Å²) >= 11 is 0. The molecule has 0 saturated heterocycles. The van der Waals surface area contributed by atoms with Gasteiger partial charge in [-0.1, -0.05) is 6.92 Å². The van der Waals surface area contributed by atoms with Gasteiger partial charge in [-0.3, -0.25) is 4.68 Å². The van der Waals surface area contributed by atoms with Crippen LogP contribution in [0.15, 0.2) is 18.5 Å². The molecular weight excluding hydrogens is 264 g/mol. The highest BCUT2D eigenvalue weighted by molar-refractivity contribution is 5.49. The lowest BCUT2D eigenvalue weighted by atomic mass is 10.1. The van der Waals surface area contributed by atoms with Gasteiger partial charge in [-0.2, -0.15) is 10.1 Å². The number of nitrogens with two attached hydrogens (primary N) is 1. The highest BCUT2D eigenvalue weighted by atomic mass is 15.3. The molecule has 0 unspecified atom stereocenters. The van der Waals surface area contributed by atoms with Crippen LogP contribution < -0.4 is 11.1 Å². The van der Waals surface area contributed by atoms with Crippen molar-refractivity contribution in [3.63, 3.8) is 0 Å². The maximum Gasteiger partial charge on any atom is 0.222 e. The molecule has 0 bridgehead atoms. The molecule has 112 valence electrons. The van der Waals surface area contributed by atoms with E-state index in [2.05, 4.69) is 27.3 Å². The van der Waals surface area contributed by atoms with Gasteiger partial charge in [0.2, 0.25) is 5.95 Å². The molecule has 1 aliphatic carbocycles. The van der Waals surface area contributed by atoms with Gasteiger partial charge in [-0.05, 0) is 32.3 Å². The molecule has 0 spiro atoms. The summed E-state index contributed by atoms with van der Waals surface area (Å²) in [6.07, 6.45) is 7.19. The first kappa shape index (κ1) is 13.9. The van der Waals surface area contributed by atoms with E-state index in [-0.39, 0.29) is 0 Å². The number of nitrogens with one attached hydrogen (secondary N) is 1. The van der Waals surface area contributed by atoms with Crippen LogP contribution in [0.4, 0.5) is 11.8 Å². The molecular formula is C15H22N6. The van der Waals surface area contributed by atoms with Gasteiger partial charge in [-0.15, -0.1) is 0 Å². The number of rotatable bonds is 6. The predicted octanol–water partition coefficient (Wildman–Crippen LogP) is 2.02. The van der Waals surface area contributed by atoms with Crippen molar-refractivity contribution in [1.29, 1.82) is 0 Å². The van der Waals surface area contributed by atoms with Crippen molar-refractivity contribution in [3.8, 4) is 0 Å². The second-order valence-electron chi connectivity index (χ2n) is 5.91. The van der Waals surface area contributed by atoms with E-state index in [0.717, 1.165) is 36.6 Å². The first-order chi connectivity index (χ1) is 10.1. The van der Waals surface area contributed by atoms with Gasteiger partial charge < -0.3 is 11.1 Å². The molecule has 2 aromatic heterocycles. The van der Waals surface area contributed by atoms with Crippen molar-refractivity contribution in [2.45, 2.75) is 39.7 Å². The van der Waals surface area contributed by atoms with Gasteiger partial charge in [0.15, 0.2) is 0 Å². The van der Waals surface area contributed by atoms with Gasteiger partial charge in [0, 0.05) is 42.2 Å². The van der Waals surface area contributed by atoms with Gasteiger partial charge in [0.05, 0.1) is 0 Å². The molecule has 21 heavy (non-hydrogen) atoms. The highest BCUT2D eigenvalue weighted by Gasteiger charge is 2.43. The van der Waals surface area contributed by atoms with E-state index in [1.54, 1.807) is 0 Å². The molecule has 6 heteroatoms. The summed E-state index contributed by atoms with van der Waals surface area (Å²) in [4.78, 5) is 8.60. The quantitative estimate of drug-likeness (QED) is 0.849. The topological polar surface area (TPSA) is 81.6 Å². The fourth-order valence-corrected chi connectivity index (χ4v) is 2.76. The van der Waals surface area contributed by atoms with E-state index in [4.69, 9.17) is 5.73 Å². The molecule has 0 aliphatic heterocycles. The fourth-order valence-electron chi connectivity index (χ4n) is 2.76. The van der Waals surface area contributed by atoms with E-state index in [0.29, 0.717) is 11.4 Å². The summed E-state index contributed by atoms with van der Waals surface area (Å²) < 4.78 is 2.01. The van der Waals surface area contributed by atoms with Crippen LogP contribution in [0.25, 0.3) is 0 Å². The van der Waals surface area contributed by atoms with Crippen molar-refractivity contribution in [1.82, 2.24) is 19.7 Å². The molecule has 1 fully saturated rings. The zero-order valence-corrected chi connectivity index (χ0v) is 12.6. The number of nitrogens with zero attached hydrogens (tertiary/aromatic N) is 4. The number of aromatic nitrogens is 4. The monoisotopic (exact) mass is 286 g/mol. The van der Waals surface area contributed by atoms with Crippen LogP contribution in [0.2, 0.25) is 0 Å². The van der Waals surface area contributed by atoms with Gasteiger partial charge in [0.1, 0.15) is 5.82 Å². The van der Waals surface area contributed by atoms with E-state index < -0.39 is 0 Å². The number of aryl methyl sites for hydroxylation is 1. The maximum atomic E-state index is 5.77. The molecule has 0 radical (unpaired) electrons. The van der Waals surface area contributed by atoms with E-state index >= 15 is 0 Å². The third-order valence-electron chi connectivity index (χ3n) is 4.23. The lowest BCUT2D eigenvalue weighted by Gasteiger charge is -2.18. The Morgan fingerprint density at radius 2 is 2.19 bits per heavy atom. The third-order valence-corrected chi connectivity index (χ3v) is 4.23. The van der Waals surface area contributed by atoms with Crippen LogP contribution in [-0.4, -0.2) is 26.3 Å². The predicted molar refractivity (Wildman–Crippen MR) is 82.9 cm³/mol. The maximum absolute atomic E-state index is 5.77. The average molecular weight is 286 g/mol. The standard InChI is InChI=1S/C15H22N6/c1-3-12-11(2)19-14(16)20-13(12)17-9-15(5-6-15)10-21-8-4-7-18-21/h4,7-8H,3,5-6,9-10H2,1-2H3,(H3,16,17,19,20). The number of nitrogen functional groups attached to an aromatic ring is 1. The van der Waals surface area contributed by atoms with Crippen LogP contribution in [0.1, 0.15) is 31.0 Å². The Hall–Kier alpha value is -2.11. The minimum absolute atomic E-state index is 0.296. The Bertz CT molecular complexity index is 615. The molecule has 2 heterocycles. The summed E-state index contributed by atoms with van der Waals surface area (Å²) in [7, 11) is 0. The fraction of sp³-hybridized carbons (Fsp3) is 0.533. The molecule has 1 saturated carbocycles. The Labute approximate surface area is 124 Å². The Morgan fingerprint density at radius 1 is 1.38 bits per heavy atom. The SMILES string of the molecule is CCc1c(C)nc(N)nc1NCC1(Cn2cccn2)CC1. The van der Waals surface area contributed by atoms with Crippen molar-refractivity contribution >= 4 is 11.8 Å². The summed E-state index contributed by atoms with van der Waals surface area (Å²) in [5.74, 6) is 1.22. The smallest absolute Gasteiger partial charge is 0.222 e. The molecule has 3 rings (SSSR count). The van der Waals surface area contributed by atoms with E-state index in [1.807, 2.05) is 30.1 Å². The second kappa shape index (κ2) is 5.35. The number of hydrogen-bond donors (Lipinski definition) is 2. The van der Waals surface area contributed by atoms with E-state index in [1.165, 1.54) is 12.8 Å². The Morgan fingerprint density at radius 3 is 2.81 bits per heavy atom. The normalized spacial score (nSPS) is 15.9. The van der Waals surface area contributed by atoms with Crippen LogP contribution in [0, 0.1) is 12.3 Å². The van der Waals surface area contributed by atoms with Gasteiger partial charge >= 0.3 is 0 Å². The first-order valence-corrected chi connectivity index (χ1v) is 7.46. The molecule has 0 amide bonds. The van der Waals surface area contributed by atoms with Crippen molar-refractivity contribution in [2.75, 3.05) is 17.6 Å².